The van der Waals surface area contributed by atoms with Crippen molar-refractivity contribution < 1.29 is 14.3 Å². The molecule has 0 fully saturated rings. The van der Waals surface area contributed by atoms with Gasteiger partial charge in [0.1, 0.15) is 18.2 Å². The number of halogens is 2. The van der Waals surface area contributed by atoms with Gasteiger partial charge in [-0.25, -0.2) is 0 Å². The van der Waals surface area contributed by atoms with Crippen LogP contribution in [0.15, 0.2) is 70.7 Å². The third-order valence-electron chi connectivity index (χ3n) is 4.69. The van der Waals surface area contributed by atoms with Crippen LogP contribution in [0.25, 0.3) is 6.08 Å². The normalized spacial score (nSPS) is 10.9. The maximum absolute atomic E-state index is 12.7. The summed E-state index contributed by atoms with van der Waals surface area (Å²) in [5.41, 5.74) is 2.84. The highest BCUT2D eigenvalue weighted by Gasteiger charge is 2.16. The maximum Gasteiger partial charge on any atom is 0.266 e. The number of nitrogens with one attached hydrogen (secondary N) is 1. The molecule has 0 radical (unpaired) electrons. The third-order valence-corrected chi connectivity index (χ3v) is 5.60. The zero-order valence-electron chi connectivity index (χ0n) is 18.2. The van der Waals surface area contributed by atoms with Crippen molar-refractivity contribution in [2.45, 2.75) is 20.5 Å². The molecule has 3 aromatic rings. The minimum atomic E-state index is -0.549. The van der Waals surface area contributed by atoms with Gasteiger partial charge in [0.2, 0.25) is 0 Å². The molecule has 0 aliphatic carbocycles. The zero-order valence-corrected chi connectivity index (χ0v) is 20.5. The van der Waals surface area contributed by atoms with E-state index < -0.39 is 5.91 Å². The Morgan fingerprint density at radius 2 is 1.91 bits per heavy atom. The number of para-hydroxylation sites is 1. The van der Waals surface area contributed by atoms with Crippen LogP contribution in [-0.4, -0.2) is 12.5 Å². The van der Waals surface area contributed by atoms with E-state index in [1.54, 1.807) is 24.3 Å². The summed E-state index contributed by atoms with van der Waals surface area (Å²) in [7, 11) is 0. The fourth-order valence-corrected chi connectivity index (χ4v) is 3.93. The van der Waals surface area contributed by atoms with E-state index in [9.17, 15) is 10.1 Å². The maximum atomic E-state index is 12.7. The highest BCUT2D eigenvalue weighted by molar-refractivity contribution is 9.10. The topological polar surface area (TPSA) is 71.3 Å². The summed E-state index contributed by atoms with van der Waals surface area (Å²) in [4.78, 5) is 12.7. The van der Waals surface area contributed by atoms with Gasteiger partial charge in [-0.3, -0.25) is 4.79 Å². The van der Waals surface area contributed by atoms with Gasteiger partial charge >= 0.3 is 0 Å². The van der Waals surface area contributed by atoms with Crippen molar-refractivity contribution in [3.05, 3.63) is 92.4 Å². The van der Waals surface area contributed by atoms with Crippen molar-refractivity contribution in [2.75, 3.05) is 11.9 Å². The Kier molecular flexibility index (Phi) is 8.53. The first-order valence-corrected chi connectivity index (χ1v) is 11.4. The van der Waals surface area contributed by atoms with Crippen molar-refractivity contribution in [1.29, 1.82) is 5.26 Å². The first kappa shape index (κ1) is 24.4. The number of carbonyl (C=O) groups excluding carboxylic acids is 1. The van der Waals surface area contributed by atoms with Crippen LogP contribution in [0.1, 0.15) is 23.6 Å². The van der Waals surface area contributed by atoms with Gasteiger partial charge in [-0.1, -0.05) is 54.1 Å². The first-order chi connectivity index (χ1) is 15.9. The Morgan fingerprint density at radius 3 is 2.58 bits per heavy atom. The van der Waals surface area contributed by atoms with Crippen LogP contribution in [0.5, 0.6) is 11.5 Å². The molecule has 1 amide bonds. The molecule has 0 bridgehead atoms. The molecule has 0 heterocycles. The number of nitrogens with zero attached hydrogens (tertiary/aromatic N) is 1. The second-order valence-corrected chi connectivity index (χ2v) is 8.35. The van der Waals surface area contributed by atoms with Crippen LogP contribution in [0.3, 0.4) is 0 Å². The number of carbonyl (C=O) groups is 1. The van der Waals surface area contributed by atoms with Crippen LogP contribution in [0, 0.1) is 18.3 Å². The lowest BCUT2D eigenvalue weighted by Crippen LogP contribution is -2.14. The molecule has 3 rings (SSSR count). The third kappa shape index (κ3) is 6.38. The van der Waals surface area contributed by atoms with Crippen LogP contribution in [0.4, 0.5) is 5.69 Å². The number of nitriles is 1. The SMILES string of the molecule is CCOc1cc(/C=C(\C#N)C(=O)Nc2c(C)cccc2Cl)cc(Br)c1OCc1ccccc1. The summed E-state index contributed by atoms with van der Waals surface area (Å²) < 4.78 is 12.4. The van der Waals surface area contributed by atoms with Crippen LogP contribution >= 0.6 is 27.5 Å². The monoisotopic (exact) mass is 524 g/mol. The summed E-state index contributed by atoms with van der Waals surface area (Å²) >= 11 is 9.72. The molecule has 0 saturated heterocycles. The zero-order chi connectivity index (χ0) is 23.8. The predicted octanol–water partition coefficient (Wildman–Crippen LogP) is 6.93. The number of amides is 1. The summed E-state index contributed by atoms with van der Waals surface area (Å²) in [5.74, 6) is 0.508. The number of hydrogen-bond donors (Lipinski definition) is 1. The average molecular weight is 526 g/mol. The molecule has 5 nitrogen and oxygen atoms in total. The van der Waals surface area contributed by atoms with Gasteiger partial charge in [0.15, 0.2) is 11.5 Å². The number of benzene rings is 3. The van der Waals surface area contributed by atoms with Gasteiger partial charge in [-0.05, 0) is 70.7 Å². The van der Waals surface area contributed by atoms with Crippen molar-refractivity contribution in [2.24, 2.45) is 0 Å². The minimum absolute atomic E-state index is 0.0679. The van der Waals surface area contributed by atoms with Gasteiger partial charge in [0, 0.05) is 0 Å². The van der Waals surface area contributed by atoms with E-state index in [-0.39, 0.29) is 5.57 Å². The molecular weight excluding hydrogens is 504 g/mol. The molecule has 33 heavy (non-hydrogen) atoms. The van der Waals surface area contributed by atoms with E-state index in [2.05, 4.69) is 21.2 Å². The van der Waals surface area contributed by atoms with Crippen molar-refractivity contribution in [1.82, 2.24) is 0 Å². The highest BCUT2D eigenvalue weighted by Crippen LogP contribution is 2.38. The van der Waals surface area contributed by atoms with Gasteiger partial charge in [0.25, 0.3) is 5.91 Å². The summed E-state index contributed by atoms with van der Waals surface area (Å²) in [6.45, 7) is 4.50. The second kappa shape index (κ2) is 11.6. The Hall–Kier alpha value is -3.27. The summed E-state index contributed by atoms with van der Waals surface area (Å²) in [6.07, 6.45) is 1.50. The second-order valence-electron chi connectivity index (χ2n) is 7.09. The summed E-state index contributed by atoms with van der Waals surface area (Å²) in [6, 6.07) is 20.6. The number of anilines is 1. The Balaban J connectivity index is 1.87. The van der Waals surface area contributed by atoms with E-state index in [0.29, 0.717) is 45.5 Å². The smallest absolute Gasteiger partial charge is 0.266 e. The largest absolute Gasteiger partial charge is 0.490 e. The van der Waals surface area contributed by atoms with E-state index in [1.807, 2.05) is 56.3 Å². The number of hydrogen-bond acceptors (Lipinski definition) is 4. The van der Waals surface area contributed by atoms with E-state index in [0.717, 1.165) is 11.1 Å². The Bertz CT molecular complexity index is 1200. The molecule has 168 valence electrons. The molecule has 7 heteroatoms. The standard InChI is InChI=1S/C26H22BrClN2O3/c1-3-32-23-14-19(13-21(27)25(23)33-16-18-9-5-4-6-10-18)12-20(15-29)26(31)30-24-17(2)8-7-11-22(24)28/h4-14H,3,16H2,1-2H3,(H,30,31)/b20-12+. The van der Waals surface area contributed by atoms with E-state index >= 15 is 0 Å². The number of aryl methyl sites for hydroxylation is 1. The lowest BCUT2D eigenvalue weighted by atomic mass is 10.1. The van der Waals surface area contributed by atoms with Gasteiger partial charge in [-0.2, -0.15) is 5.26 Å². The van der Waals surface area contributed by atoms with Crippen molar-refractivity contribution in [3.8, 4) is 17.6 Å². The fraction of sp³-hybridized carbons (Fsp3) is 0.154. The van der Waals surface area contributed by atoms with Crippen LogP contribution in [0.2, 0.25) is 5.02 Å². The van der Waals surface area contributed by atoms with E-state index in [1.165, 1.54) is 6.08 Å². The molecule has 1 N–H and O–H groups in total. The van der Waals surface area contributed by atoms with Gasteiger partial charge in [0.05, 0.1) is 21.8 Å². The minimum Gasteiger partial charge on any atom is -0.490 e. The lowest BCUT2D eigenvalue weighted by Gasteiger charge is -2.15. The average Bonchev–Trinajstić information content (AvgIpc) is 2.80. The first-order valence-electron chi connectivity index (χ1n) is 10.2. The molecule has 0 spiro atoms. The van der Waals surface area contributed by atoms with E-state index in [4.69, 9.17) is 21.1 Å². The molecule has 0 aromatic heterocycles. The van der Waals surface area contributed by atoms with Gasteiger partial charge < -0.3 is 14.8 Å². The molecular formula is C26H22BrClN2O3. The summed E-state index contributed by atoms with van der Waals surface area (Å²) in [5, 5.41) is 12.7. The molecule has 0 aliphatic heterocycles. The molecule has 0 aliphatic rings. The number of rotatable bonds is 8. The van der Waals surface area contributed by atoms with Crippen molar-refractivity contribution >= 4 is 45.2 Å². The molecule has 3 aromatic carbocycles. The van der Waals surface area contributed by atoms with Gasteiger partial charge in [-0.15, -0.1) is 0 Å². The number of ether oxygens (including phenoxy) is 2. The quantitative estimate of drug-likeness (QED) is 0.256. The van der Waals surface area contributed by atoms with Crippen LogP contribution < -0.4 is 14.8 Å². The molecule has 0 atom stereocenters. The van der Waals surface area contributed by atoms with Crippen molar-refractivity contribution in [3.63, 3.8) is 0 Å². The predicted molar refractivity (Wildman–Crippen MR) is 134 cm³/mol. The molecule has 0 saturated carbocycles. The lowest BCUT2D eigenvalue weighted by molar-refractivity contribution is -0.112. The van der Waals surface area contributed by atoms with Crippen LogP contribution in [-0.2, 0) is 11.4 Å². The molecule has 0 unspecified atom stereocenters. The Morgan fingerprint density at radius 1 is 1.15 bits per heavy atom. The fourth-order valence-electron chi connectivity index (χ4n) is 3.09. The Labute approximate surface area is 206 Å². The highest BCUT2D eigenvalue weighted by atomic mass is 79.9.